The first-order valence-electron chi connectivity index (χ1n) is 5.50. The molecule has 1 amide bonds. The molecular formula is C13H11ClFN3O. The number of halogens is 2. The number of hydrogen-bond donors (Lipinski definition) is 2. The standard InChI is InChI=1S/C13H11ClFN3O/c1-16-9-3-5-12(17-7-9)13(19)18-11-4-2-8(15)6-10(11)14/h2-7,16H,1H3,(H,18,19). The smallest absolute Gasteiger partial charge is 0.274 e. The fraction of sp³-hybridized carbons (Fsp3) is 0.0769. The summed E-state index contributed by atoms with van der Waals surface area (Å²) in [6, 6.07) is 7.07. The van der Waals surface area contributed by atoms with Crippen LogP contribution in [0.2, 0.25) is 5.02 Å². The molecule has 1 heterocycles. The lowest BCUT2D eigenvalue weighted by molar-refractivity contribution is 0.102. The van der Waals surface area contributed by atoms with E-state index in [4.69, 9.17) is 11.6 Å². The van der Waals surface area contributed by atoms with Crippen molar-refractivity contribution in [3.05, 3.63) is 53.1 Å². The minimum Gasteiger partial charge on any atom is -0.387 e. The molecule has 0 aliphatic carbocycles. The lowest BCUT2D eigenvalue weighted by Gasteiger charge is -2.07. The van der Waals surface area contributed by atoms with Crippen molar-refractivity contribution in [3.63, 3.8) is 0 Å². The van der Waals surface area contributed by atoms with Gasteiger partial charge in [-0.15, -0.1) is 0 Å². The number of benzene rings is 1. The van der Waals surface area contributed by atoms with Crippen LogP contribution in [-0.4, -0.2) is 17.9 Å². The Labute approximate surface area is 114 Å². The van der Waals surface area contributed by atoms with Gasteiger partial charge in [-0.1, -0.05) is 11.6 Å². The predicted molar refractivity (Wildman–Crippen MR) is 73.1 cm³/mol. The Hall–Kier alpha value is -2.14. The van der Waals surface area contributed by atoms with Crippen LogP contribution < -0.4 is 10.6 Å². The minimum atomic E-state index is -0.459. The van der Waals surface area contributed by atoms with Crippen LogP contribution in [0, 0.1) is 5.82 Å². The van der Waals surface area contributed by atoms with E-state index in [9.17, 15) is 9.18 Å². The van der Waals surface area contributed by atoms with Crippen molar-refractivity contribution in [3.8, 4) is 0 Å². The SMILES string of the molecule is CNc1ccc(C(=O)Nc2ccc(F)cc2Cl)nc1. The number of carbonyl (C=O) groups is 1. The Morgan fingerprint density at radius 3 is 2.68 bits per heavy atom. The summed E-state index contributed by atoms with van der Waals surface area (Å²) < 4.78 is 12.9. The highest BCUT2D eigenvalue weighted by Gasteiger charge is 2.10. The van der Waals surface area contributed by atoms with E-state index in [-0.39, 0.29) is 10.7 Å². The van der Waals surface area contributed by atoms with Crippen molar-refractivity contribution in [1.82, 2.24) is 4.98 Å². The van der Waals surface area contributed by atoms with Crippen LogP contribution >= 0.6 is 11.6 Å². The molecule has 98 valence electrons. The van der Waals surface area contributed by atoms with Gasteiger partial charge in [-0.3, -0.25) is 4.79 Å². The van der Waals surface area contributed by atoms with Gasteiger partial charge in [0.15, 0.2) is 0 Å². The highest BCUT2D eigenvalue weighted by Crippen LogP contribution is 2.22. The summed E-state index contributed by atoms with van der Waals surface area (Å²) >= 11 is 5.82. The summed E-state index contributed by atoms with van der Waals surface area (Å²) in [4.78, 5) is 15.9. The van der Waals surface area contributed by atoms with Gasteiger partial charge in [-0.05, 0) is 30.3 Å². The normalized spacial score (nSPS) is 10.1. The van der Waals surface area contributed by atoms with Crippen LogP contribution in [0.4, 0.5) is 15.8 Å². The third-order valence-electron chi connectivity index (χ3n) is 2.46. The van der Waals surface area contributed by atoms with Gasteiger partial charge in [0, 0.05) is 7.05 Å². The summed E-state index contributed by atoms with van der Waals surface area (Å²) in [5, 5.41) is 5.61. The van der Waals surface area contributed by atoms with Gasteiger partial charge in [-0.25, -0.2) is 9.37 Å². The van der Waals surface area contributed by atoms with Crippen LogP contribution in [-0.2, 0) is 0 Å². The van der Waals surface area contributed by atoms with E-state index in [1.807, 2.05) is 0 Å². The lowest BCUT2D eigenvalue weighted by atomic mass is 10.2. The van der Waals surface area contributed by atoms with E-state index in [1.165, 1.54) is 12.1 Å². The first-order valence-corrected chi connectivity index (χ1v) is 5.88. The first-order chi connectivity index (χ1) is 9.10. The fourth-order valence-corrected chi connectivity index (χ4v) is 1.67. The van der Waals surface area contributed by atoms with Crippen molar-refractivity contribution in [2.75, 3.05) is 17.7 Å². The van der Waals surface area contributed by atoms with Crippen LogP contribution in [0.15, 0.2) is 36.5 Å². The van der Waals surface area contributed by atoms with E-state index < -0.39 is 11.7 Å². The molecule has 2 aromatic rings. The number of nitrogens with zero attached hydrogens (tertiary/aromatic N) is 1. The van der Waals surface area contributed by atoms with Crippen molar-refractivity contribution < 1.29 is 9.18 Å². The molecule has 0 radical (unpaired) electrons. The average Bonchev–Trinajstić information content (AvgIpc) is 2.42. The van der Waals surface area contributed by atoms with Crippen LogP contribution in [0.3, 0.4) is 0 Å². The molecule has 0 unspecified atom stereocenters. The molecule has 19 heavy (non-hydrogen) atoms. The summed E-state index contributed by atoms with van der Waals surface area (Å²) in [5.74, 6) is -0.865. The van der Waals surface area contributed by atoms with Gasteiger partial charge in [-0.2, -0.15) is 0 Å². The summed E-state index contributed by atoms with van der Waals surface area (Å²) in [7, 11) is 1.76. The zero-order valence-electron chi connectivity index (χ0n) is 10.1. The summed E-state index contributed by atoms with van der Waals surface area (Å²) in [6.45, 7) is 0. The summed E-state index contributed by atoms with van der Waals surface area (Å²) in [6.07, 6.45) is 1.54. The second-order valence-corrected chi connectivity index (χ2v) is 4.17. The molecule has 0 aliphatic heterocycles. The molecule has 0 bridgehead atoms. The first kappa shape index (κ1) is 13.3. The van der Waals surface area contributed by atoms with Crippen molar-refractivity contribution in [1.29, 1.82) is 0 Å². The van der Waals surface area contributed by atoms with Gasteiger partial charge in [0.2, 0.25) is 0 Å². The van der Waals surface area contributed by atoms with E-state index in [1.54, 1.807) is 25.4 Å². The molecule has 0 spiro atoms. The molecule has 0 fully saturated rings. The van der Waals surface area contributed by atoms with E-state index >= 15 is 0 Å². The zero-order valence-corrected chi connectivity index (χ0v) is 10.8. The largest absolute Gasteiger partial charge is 0.387 e. The molecule has 2 N–H and O–H groups in total. The van der Waals surface area contributed by atoms with Crippen LogP contribution in [0.1, 0.15) is 10.5 Å². The highest BCUT2D eigenvalue weighted by molar-refractivity contribution is 6.33. The van der Waals surface area contributed by atoms with Gasteiger partial charge in [0.05, 0.1) is 22.6 Å². The molecule has 6 heteroatoms. The topological polar surface area (TPSA) is 54.0 Å². The van der Waals surface area contributed by atoms with Crippen molar-refractivity contribution in [2.24, 2.45) is 0 Å². The van der Waals surface area contributed by atoms with Gasteiger partial charge >= 0.3 is 0 Å². The maximum atomic E-state index is 12.9. The van der Waals surface area contributed by atoms with Crippen LogP contribution in [0.25, 0.3) is 0 Å². The monoisotopic (exact) mass is 279 g/mol. The molecule has 0 saturated carbocycles. The van der Waals surface area contributed by atoms with Crippen LogP contribution in [0.5, 0.6) is 0 Å². The third-order valence-corrected chi connectivity index (χ3v) is 2.78. The van der Waals surface area contributed by atoms with Crippen molar-refractivity contribution in [2.45, 2.75) is 0 Å². The van der Waals surface area contributed by atoms with Gasteiger partial charge in [0.25, 0.3) is 5.91 Å². The second-order valence-electron chi connectivity index (χ2n) is 3.76. The zero-order chi connectivity index (χ0) is 13.8. The maximum Gasteiger partial charge on any atom is 0.274 e. The average molecular weight is 280 g/mol. The Bertz CT molecular complexity index is 601. The molecule has 0 atom stereocenters. The molecule has 0 saturated heterocycles. The molecular weight excluding hydrogens is 269 g/mol. The van der Waals surface area contributed by atoms with E-state index in [0.29, 0.717) is 5.69 Å². The maximum absolute atomic E-state index is 12.9. The quantitative estimate of drug-likeness (QED) is 0.907. The number of aromatic nitrogens is 1. The van der Waals surface area contributed by atoms with E-state index in [2.05, 4.69) is 15.6 Å². The predicted octanol–water partition coefficient (Wildman–Crippen LogP) is 3.17. The molecule has 1 aromatic carbocycles. The minimum absolute atomic E-state index is 0.139. The highest BCUT2D eigenvalue weighted by atomic mass is 35.5. The van der Waals surface area contributed by atoms with Gasteiger partial charge < -0.3 is 10.6 Å². The number of hydrogen-bond acceptors (Lipinski definition) is 3. The molecule has 4 nitrogen and oxygen atoms in total. The molecule has 0 aliphatic rings. The number of amides is 1. The Morgan fingerprint density at radius 2 is 2.11 bits per heavy atom. The molecule has 2 rings (SSSR count). The fourth-order valence-electron chi connectivity index (χ4n) is 1.45. The molecule has 1 aromatic heterocycles. The third kappa shape index (κ3) is 3.20. The number of rotatable bonds is 3. The summed E-state index contributed by atoms with van der Waals surface area (Å²) in [5.41, 5.74) is 1.39. The number of nitrogens with one attached hydrogen (secondary N) is 2. The second kappa shape index (κ2) is 5.67. The Morgan fingerprint density at radius 1 is 1.32 bits per heavy atom. The Kier molecular flexibility index (Phi) is 3.97. The number of anilines is 2. The number of carbonyl (C=O) groups excluding carboxylic acids is 1. The van der Waals surface area contributed by atoms with Crippen molar-refractivity contribution >= 4 is 28.9 Å². The van der Waals surface area contributed by atoms with Gasteiger partial charge in [0.1, 0.15) is 11.5 Å². The lowest BCUT2D eigenvalue weighted by Crippen LogP contribution is -2.14. The Balaban J connectivity index is 2.15. The van der Waals surface area contributed by atoms with E-state index in [0.717, 1.165) is 11.8 Å². The number of pyridine rings is 1.